The Balaban J connectivity index is 2.23. The Morgan fingerprint density at radius 1 is 1.35 bits per heavy atom. The molecule has 0 spiro atoms. The molecule has 0 fully saturated rings. The first-order valence-corrected chi connectivity index (χ1v) is 6.88. The zero-order valence-electron chi connectivity index (χ0n) is 10.4. The van der Waals surface area contributed by atoms with Crippen LogP contribution in [0.15, 0.2) is 23.6 Å². The van der Waals surface area contributed by atoms with Gasteiger partial charge < -0.3 is 10.6 Å². The maximum absolute atomic E-state index is 12.7. The van der Waals surface area contributed by atoms with Gasteiger partial charge in [-0.1, -0.05) is 11.6 Å². The predicted molar refractivity (Wildman–Crippen MR) is 74.6 cm³/mol. The molecule has 2 N–H and O–H groups in total. The Morgan fingerprint density at radius 2 is 2.10 bits per heavy atom. The van der Waals surface area contributed by atoms with Crippen LogP contribution in [0.4, 0.5) is 24.0 Å². The molecule has 108 valence electrons. The van der Waals surface area contributed by atoms with E-state index in [1.165, 1.54) is 17.4 Å². The van der Waals surface area contributed by atoms with Crippen molar-refractivity contribution < 1.29 is 13.2 Å². The highest BCUT2D eigenvalue weighted by molar-refractivity contribution is 7.13. The van der Waals surface area contributed by atoms with E-state index in [0.717, 1.165) is 17.8 Å². The number of hydrogen-bond acceptors (Lipinski definition) is 4. The van der Waals surface area contributed by atoms with Crippen LogP contribution in [0.3, 0.4) is 0 Å². The summed E-state index contributed by atoms with van der Waals surface area (Å²) in [5.74, 6) is 0. The quantitative estimate of drug-likeness (QED) is 0.882. The van der Waals surface area contributed by atoms with Crippen molar-refractivity contribution in [1.82, 2.24) is 10.3 Å². The molecule has 0 aliphatic heterocycles. The van der Waals surface area contributed by atoms with Crippen LogP contribution in [0.5, 0.6) is 0 Å². The summed E-state index contributed by atoms with van der Waals surface area (Å²) in [6.07, 6.45) is -4.40. The average Bonchev–Trinajstić information content (AvgIpc) is 2.78. The SMILES string of the molecule is CNCc1csc(Nc2cc(C(F)(F)F)ccc2Cl)n1. The van der Waals surface area contributed by atoms with E-state index in [2.05, 4.69) is 15.6 Å². The molecular formula is C12H11ClF3N3S. The Morgan fingerprint density at radius 3 is 2.75 bits per heavy atom. The molecule has 2 rings (SSSR count). The van der Waals surface area contributed by atoms with Crippen LogP contribution < -0.4 is 10.6 Å². The van der Waals surface area contributed by atoms with Gasteiger partial charge >= 0.3 is 6.18 Å². The molecule has 0 atom stereocenters. The van der Waals surface area contributed by atoms with Gasteiger partial charge in [0.25, 0.3) is 0 Å². The molecule has 20 heavy (non-hydrogen) atoms. The number of nitrogens with zero attached hydrogens (tertiary/aromatic N) is 1. The van der Waals surface area contributed by atoms with Crippen LogP contribution in [-0.2, 0) is 12.7 Å². The molecule has 0 bridgehead atoms. The number of alkyl halides is 3. The Hall–Kier alpha value is -1.31. The lowest BCUT2D eigenvalue weighted by Gasteiger charge is -2.10. The molecular weight excluding hydrogens is 311 g/mol. The fourth-order valence-electron chi connectivity index (χ4n) is 1.54. The zero-order valence-corrected chi connectivity index (χ0v) is 12.0. The van der Waals surface area contributed by atoms with E-state index in [-0.39, 0.29) is 10.7 Å². The van der Waals surface area contributed by atoms with Crippen molar-refractivity contribution in [3.63, 3.8) is 0 Å². The van der Waals surface area contributed by atoms with Crippen molar-refractivity contribution in [2.75, 3.05) is 12.4 Å². The van der Waals surface area contributed by atoms with Crippen molar-refractivity contribution in [3.05, 3.63) is 39.9 Å². The second-order valence-electron chi connectivity index (χ2n) is 3.99. The van der Waals surface area contributed by atoms with Gasteiger partial charge in [-0.25, -0.2) is 4.98 Å². The summed E-state index contributed by atoms with van der Waals surface area (Å²) in [5, 5.41) is 8.28. The first-order valence-electron chi connectivity index (χ1n) is 5.63. The molecule has 1 heterocycles. The van der Waals surface area contributed by atoms with E-state index in [4.69, 9.17) is 11.6 Å². The highest BCUT2D eigenvalue weighted by Gasteiger charge is 2.31. The number of nitrogens with one attached hydrogen (secondary N) is 2. The molecule has 0 aliphatic rings. The summed E-state index contributed by atoms with van der Waals surface area (Å²) in [5.41, 5.74) is 0.242. The third-order valence-corrected chi connectivity index (χ3v) is 3.58. The summed E-state index contributed by atoms with van der Waals surface area (Å²) in [7, 11) is 1.79. The molecule has 2 aromatic rings. The zero-order chi connectivity index (χ0) is 14.8. The minimum absolute atomic E-state index is 0.187. The maximum Gasteiger partial charge on any atom is 0.416 e. The molecule has 0 unspecified atom stereocenters. The second kappa shape index (κ2) is 5.99. The Bertz CT molecular complexity index is 598. The number of aromatic nitrogens is 1. The number of thiazole rings is 1. The van der Waals surface area contributed by atoms with Crippen molar-refractivity contribution >= 4 is 33.8 Å². The van der Waals surface area contributed by atoms with E-state index in [1.54, 1.807) is 7.05 Å². The summed E-state index contributed by atoms with van der Waals surface area (Å²) in [4.78, 5) is 4.23. The number of benzene rings is 1. The molecule has 8 heteroatoms. The summed E-state index contributed by atoms with van der Waals surface area (Å²) in [6, 6.07) is 3.14. The van der Waals surface area contributed by atoms with Crippen molar-refractivity contribution in [2.45, 2.75) is 12.7 Å². The van der Waals surface area contributed by atoms with Crippen LogP contribution in [0.25, 0.3) is 0 Å². The van der Waals surface area contributed by atoms with Gasteiger partial charge in [0.1, 0.15) is 0 Å². The normalized spacial score (nSPS) is 11.7. The van der Waals surface area contributed by atoms with Crippen LogP contribution >= 0.6 is 22.9 Å². The van der Waals surface area contributed by atoms with E-state index < -0.39 is 11.7 Å². The van der Waals surface area contributed by atoms with E-state index in [1.807, 2.05) is 5.38 Å². The second-order valence-corrected chi connectivity index (χ2v) is 5.26. The first-order chi connectivity index (χ1) is 9.40. The van der Waals surface area contributed by atoms with Crippen LogP contribution in [0, 0.1) is 0 Å². The molecule has 0 amide bonds. The average molecular weight is 322 g/mol. The van der Waals surface area contributed by atoms with Gasteiger partial charge in [0.05, 0.1) is 22.0 Å². The molecule has 1 aromatic carbocycles. The number of hydrogen-bond donors (Lipinski definition) is 2. The standard InChI is InChI=1S/C12H11ClF3N3S/c1-17-5-8-6-20-11(18-8)19-10-4-7(12(14,15)16)2-3-9(10)13/h2-4,6,17H,5H2,1H3,(H,18,19). The highest BCUT2D eigenvalue weighted by Crippen LogP contribution is 2.35. The minimum atomic E-state index is -4.40. The van der Waals surface area contributed by atoms with Gasteiger partial charge in [-0.05, 0) is 25.2 Å². The third kappa shape index (κ3) is 3.62. The molecule has 3 nitrogen and oxygen atoms in total. The number of rotatable bonds is 4. The Labute approximate surface area is 122 Å². The first kappa shape index (κ1) is 15.1. The minimum Gasteiger partial charge on any atom is -0.330 e. The van der Waals surface area contributed by atoms with Gasteiger partial charge in [-0.3, -0.25) is 0 Å². The monoisotopic (exact) mass is 321 g/mol. The topological polar surface area (TPSA) is 37.0 Å². The van der Waals surface area contributed by atoms with Gasteiger partial charge in [-0.15, -0.1) is 11.3 Å². The molecule has 0 saturated carbocycles. The van der Waals surface area contributed by atoms with Crippen LogP contribution in [-0.4, -0.2) is 12.0 Å². The van der Waals surface area contributed by atoms with Crippen LogP contribution in [0.1, 0.15) is 11.3 Å². The largest absolute Gasteiger partial charge is 0.416 e. The van der Waals surface area contributed by atoms with Gasteiger partial charge in [-0.2, -0.15) is 13.2 Å². The van der Waals surface area contributed by atoms with Crippen molar-refractivity contribution in [1.29, 1.82) is 0 Å². The maximum atomic E-state index is 12.7. The predicted octanol–water partition coefficient (Wildman–Crippen LogP) is 4.28. The van der Waals surface area contributed by atoms with Gasteiger partial charge in [0.15, 0.2) is 5.13 Å². The molecule has 0 radical (unpaired) electrons. The van der Waals surface area contributed by atoms with Crippen molar-refractivity contribution in [2.24, 2.45) is 0 Å². The van der Waals surface area contributed by atoms with Gasteiger partial charge in [0.2, 0.25) is 0 Å². The number of anilines is 2. The van der Waals surface area contributed by atoms with E-state index in [0.29, 0.717) is 11.7 Å². The lowest BCUT2D eigenvalue weighted by atomic mass is 10.2. The molecule has 0 aliphatic carbocycles. The fraction of sp³-hybridized carbons (Fsp3) is 0.250. The number of halogens is 4. The van der Waals surface area contributed by atoms with Gasteiger partial charge in [0, 0.05) is 11.9 Å². The summed E-state index contributed by atoms with van der Waals surface area (Å²) >= 11 is 7.20. The Kier molecular flexibility index (Phi) is 4.52. The summed E-state index contributed by atoms with van der Waals surface area (Å²) in [6.45, 7) is 0.592. The third-order valence-electron chi connectivity index (χ3n) is 2.44. The smallest absolute Gasteiger partial charge is 0.330 e. The lowest BCUT2D eigenvalue weighted by molar-refractivity contribution is -0.137. The highest BCUT2D eigenvalue weighted by atomic mass is 35.5. The fourth-order valence-corrected chi connectivity index (χ4v) is 2.43. The summed E-state index contributed by atoms with van der Waals surface area (Å²) < 4.78 is 38.0. The van der Waals surface area contributed by atoms with Crippen molar-refractivity contribution in [3.8, 4) is 0 Å². The molecule has 1 aromatic heterocycles. The van der Waals surface area contributed by atoms with E-state index >= 15 is 0 Å². The lowest BCUT2D eigenvalue weighted by Crippen LogP contribution is -2.06. The molecule has 0 saturated heterocycles. The van der Waals surface area contributed by atoms with E-state index in [9.17, 15) is 13.2 Å². The van der Waals surface area contributed by atoms with Crippen LogP contribution in [0.2, 0.25) is 5.02 Å².